The molecule has 0 aliphatic rings. The monoisotopic (exact) mass is 520 g/mol. The molecule has 0 saturated heterocycles. The Morgan fingerprint density at radius 2 is 1.93 bits per heavy atom. The molecule has 0 radical (unpaired) electrons. The van der Waals surface area contributed by atoms with E-state index in [1.807, 2.05) is 19.2 Å². The van der Waals surface area contributed by atoms with Gasteiger partial charge in [0.25, 0.3) is 0 Å². The van der Waals surface area contributed by atoms with Crippen molar-refractivity contribution in [3.8, 4) is 0 Å². The summed E-state index contributed by atoms with van der Waals surface area (Å²) in [6.07, 6.45) is 5.57. The van der Waals surface area contributed by atoms with Crippen LogP contribution in [0.15, 0.2) is 41.7 Å². The third-order valence-corrected chi connectivity index (χ3v) is 4.91. The lowest BCUT2D eigenvalue weighted by Gasteiger charge is -2.14. The summed E-state index contributed by atoms with van der Waals surface area (Å²) in [6.45, 7) is 2.96. The van der Waals surface area contributed by atoms with Crippen LogP contribution in [-0.4, -0.2) is 39.2 Å². The number of hydrogen-bond acceptors (Lipinski definition) is 4. The average Bonchev–Trinajstić information content (AvgIpc) is 2.60. The van der Waals surface area contributed by atoms with E-state index in [9.17, 15) is 12.8 Å². The van der Waals surface area contributed by atoms with Crippen LogP contribution in [0.4, 0.5) is 4.39 Å². The molecule has 2 rings (SSSR count). The summed E-state index contributed by atoms with van der Waals surface area (Å²) >= 11 is 0. The van der Waals surface area contributed by atoms with Gasteiger partial charge in [-0.25, -0.2) is 12.8 Å². The summed E-state index contributed by atoms with van der Waals surface area (Å²) in [7, 11) is -1.56. The number of halogens is 2. The number of guanidine groups is 1. The minimum atomic E-state index is -3.21. The van der Waals surface area contributed by atoms with E-state index in [2.05, 4.69) is 20.6 Å². The van der Waals surface area contributed by atoms with Crippen LogP contribution in [-0.2, 0) is 28.6 Å². The molecule has 1 aromatic carbocycles. The van der Waals surface area contributed by atoms with Crippen LogP contribution in [0.5, 0.6) is 0 Å². The highest BCUT2D eigenvalue weighted by Crippen LogP contribution is 2.14. The molecule has 6 nitrogen and oxygen atoms in total. The molecule has 2 N–H and O–H groups in total. The van der Waals surface area contributed by atoms with E-state index in [1.54, 1.807) is 13.2 Å². The van der Waals surface area contributed by atoms with Crippen LogP contribution >= 0.6 is 24.0 Å². The first-order valence-electron chi connectivity index (χ1n) is 8.57. The predicted molar refractivity (Wildman–Crippen MR) is 121 cm³/mol. The van der Waals surface area contributed by atoms with Gasteiger partial charge in [0.15, 0.2) is 15.8 Å². The standard InChI is InChI=1S/C19H25FN4O2S.HI/c1-14-11-22-8-6-15(14)7-9-23-19(21-2)24-12-17-10-18(20)5-4-16(17)13-27(3,25)26;/h4-6,8,10-11H,7,9,12-13H2,1-3H3,(H2,21,23,24);1H. The Kier molecular flexibility index (Phi) is 9.80. The molecule has 0 spiro atoms. The normalized spacial score (nSPS) is 11.6. The molecule has 0 bridgehead atoms. The maximum atomic E-state index is 13.6. The molecule has 0 aliphatic heterocycles. The Balaban J connectivity index is 0.00000392. The van der Waals surface area contributed by atoms with Crippen molar-refractivity contribution in [2.75, 3.05) is 19.8 Å². The highest BCUT2D eigenvalue weighted by Gasteiger charge is 2.11. The molecule has 9 heteroatoms. The molecule has 2 aromatic rings. The molecule has 0 amide bonds. The lowest BCUT2D eigenvalue weighted by Crippen LogP contribution is -2.38. The maximum Gasteiger partial charge on any atom is 0.191 e. The van der Waals surface area contributed by atoms with Crippen LogP contribution in [0, 0.1) is 12.7 Å². The Morgan fingerprint density at radius 1 is 1.18 bits per heavy atom. The summed E-state index contributed by atoms with van der Waals surface area (Å²) in [4.78, 5) is 8.23. The summed E-state index contributed by atoms with van der Waals surface area (Å²) in [5.74, 6) is 0.0360. The number of sulfone groups is 1. The second-order valence-electron chi connectivity index (χ2n) is 6.39. The lowest BCUT2D eigenvalue weighted by atomic mass is 10.1. The number of rotatable bonds is 7. The van der Waals surface area contributed by atoms with E-state index in [-0.39, 0.29) is 36.3 Å². The number of benzene rings is 1. The van der Waals surface area contributed by atoms with Crippen molar-refractivity contribution >= 4 is 39.8 Å². The van der Waals surface area contributed by atoms with Gasteiger partial charge in [0.05, 0.1) is 5.75 Å². The average molecular weight is 520 g/mol. The van der Waals surface area contributed by atoms with Crippen molar-refractivity contribution in [3.63, 3.8) is 0 Å². The summed E-state index contributed by atoms with van der Waals surface area (Å²) in [6, 6.07) is 6.11. The van der Waals surface area contributed by atoms with Gasteiger partial charge in [0.1, 0.15) is 5.82 Å². The highest BCUT2D eigenvalue weighted by atomic mass is 127. The van der Waals surface area contributed by atoms with Crippen molar-refractivity contribution in [2.45, 2.75) is 25.6 Å². The SMILES string of the molecule is CN=C(NCCc1ccncc1C)NCc1cc(F)ccc1CS(C)(=O)=O.I. The van der Waals surface area contributed by atoms with E-state index < -0.39 is 15.7 Å². The van der Waals surface area contributed by atoms with Gasteiger partial charge in [0, 0.05) is 38.8 Å². The third kappa shape index (κ3) is 8.09. The molecule has 28 heavy (non-hydrogen) atoms. The molecular formula is C19H26FIN4O2S. The van der Waals surface area contributed by atoms with Crippen LogP contribution in [0.3, 0.4) is 0 Å². The number of nitrogens with zero attached hydrogens (tertiary/aromatic N) is 2. The van der Waals surface area contributed by atoms with Gasteiger partial charge in [-0.1, -0.05) is 6.07 Å². The smallest absolute Gasteiger partial charge is 0.191 e. The fourth-order valence-electron chi connectivity index (χ4n) is 2.68. The summed E-state index contributed by atoms with van der Waals surface area (Å²) in [5.41, 5.74) is 3.50. The van der Waals surface area contributed by atoms with Gasteiger partial charge in [-0.2, -0.15) is 0 Å². The third-order valence-electron chi connectivity index (χ3n) is 4.08. The number of pyridine rings is 1. The molecule has 0 unspecified atom stereocenters. The lowest BCUT2D eigenvalue weighted by molar-refractivity contribution is 0.599. The molecule has 0 aliphatic carbocycles. The Bertz CT molecular complexity index is 920. The minimum absolute atomic E-state index is 0. The molecule has 1 heterocycles. The molecule has 154 valence electrons. The van der Waals surface area contributed by atoms with Crippen LogP contribution in [0.2, 0.25) is 0 Å². The number of aromatic nitrogens is 1. The molecule has 1 aromatic heterocycles. The van der Waals surface area contributed by atoms with E-state index >= 15 is 0 Å². The maximum absolute atomic E-state index is 13.6. The molecule has 0 saturated carbocycles. The van der Waals surface area contributed by atoms with E-state index in [1.165, 1.54) is 23.8 Å². The predicted octanol–water partition coefficient (Wildman–Crippen LogP) is 2.60. The second kappa shape index (κ2) is 11.3. The van der Waals surface area contributed by atoms with Crippen LogP contribution in [0.25, 0.3) is 0 Å². The van der Waals surface area contributed by atoms with E-state index in [4.69, 9.17) is 0 Å². The Labute approximate surface area is 183 Å². The largest absolute Gasteiger partial charge is 0.356 e. The number of nitrogens with one attached hydrogen (secondary N) is 2. The summed E-state index contributed by atoms with van der Waals surface area (Å²) < 4.78 is 36.7. The first-order valence-corrected chi connectivity index (χ1v) is 10.6. The Hall–Kier alpha value is -1.75. The first-order chi connectivity index (χ1) is 12.8. The molecule has 0 fully saturated rings. The first kappa shape index (κ1) is 24.3. The van der Waals surface area contributed by atoms with Crippen molar-refractivity contribution in [1.82, 2.24) is 15.6 Å². The van der Waals surface area contributed by atoms with Crippen LogP contribution in [0.1, 0.15) is 22.3 Å². The zero-order valence-corrected chi connectivity index (χ0v) is 19.3. The summed E-state index contributed by atoms with van der Waals surface area (Å²) in [5, 5.41) is 6.31. The topological polar surface area (TPSA) is 83.4 Å². The fourth-order valence-corrected chi connectivity index (χ4v) is 3.53. The number of aliphatic imine (C=N–C) groups is 1. The zero-order chi connectivity index (χ0) is 19.9. The van der Waals surface area contributed by atoms with Gasteiger partial charge in [-0.15, -0.1) is 24.0 Å². The van der Waals surface area contributed by atoms with Crippen molar-refractivity contribution in [2.24, 2.45) is 4.99 Å². The van der Waals surface area contributed by atoms with Crippen molar-refractivity contribution in [1.29, 1.82) is 0 Å². The fraction of sp³-hybridized carbons (Fsp3) is 0.368. The van der Waals surface area contributed by atoms with Gasteiger partial charge in [-0.05, 0) is 53.8 Å². The van der Waals surface area contributed by atoms with Gasteiger partial charge < -0.3 is 10.6 Å². The van der Waals surface area contributed by atoms with Crippen LogP contribution < -0.4 is 10.6 Å². The molecular weight excluding hydrogens is 494 g/mol. The Morgan fingerprint density at radius 3 is 2.57 bits per heavy atom. The highest BCUT2D eigenvalue weighted by molar-refractivity contribution is 14.0. The van der Waals surface area contributed by atoms with E-state index in [0.717, 1.165) is 18.2 Å². The van der Waals surface area contributed by atoms with Crippen molar-refractivity contribution < 1.29 is 12.8 Å². The van der Waals surface area contributed by atoms with Gasteiger partial charge in [0.2, 0.25) is 0 Å². The molecule has 0 atom stereocenters. The van der Waals surface area contributed by atoms with Gasteiger partial charge in [-0.3, -0.25) is 9.98 Å². The van der Waals surface area contributed by atoms with Crippen molar-refractivity contribution in [3.05, 3.63) is 64.7 Å². The minimum Gasteiger partial charge on any atom is -0.356 e. The number of aryl methyl sites for hydroxylation is 1. The van der Waals surface area contributed by atoms with E-state index in [0.29, 0.717) is 23.6 Å². The zero-order valence-electron chi connectivity index (χ0n) is 16.2. The number of hydrogen-bond donors (Lipinski definition) is 2. The van der Waals surface area contributed by atoms with Gasteiger partial charge >= 0.3 is 0 Å². The quantitative estimate of drug-likeness (QED) is 0.333. The second-order valence-corrected chi connectivity index (χ2v) is 8.53.